The van der Waals surface area contributed by atoms with Crippen LogP contribution in [0.3, 0.4) is 0 Å². The third kappa shape index (κ3) is 4.28. The van der Waals surface area contributed by atoms with Crippen molar-refractivity contribution in [3.8, 4) is 0 Å². The molecular formula is C13H25N3O. The first kappa shape index (κ1) is 12.8. The molecule has 17 heavy (non-hydrogen) atoms. The average molecular weight is 239 g/mol. The van der Waals surface area contributed by atoms with E-state index in [1.54, 1.807) is 0 Å². The van der Waals surface area contributed by atoms with Crippen LogP contribution in [-0.4, -0.2) is 50.1 Å². The van der Waals surface area contributed by atoms with Crippen LogP contribution in [0.4, 0.5) is 0 Å². The van der Waals surface area contributed by atoms with Crippen molar-refractivity contribution in [2.45, 2.75) is 32.1 Å². The van der Waals surface area contributed by atoms with Gasteiger partial charge in [0.15, 0.2) is 0 Å². The molecule has 1 aliphatic carbocycles. The van der Waals surface area contributed by atoms with Crippen LogP contribution in [0, 0.1) is 5.92 Å². The third-order valence-corrected chi connectivity index (χ3v) is 3.89. The Morgan fingerprint density at radius 2 is 1.94 bits per heavy atom. The standard InChI is InChI=1S/C13H25N3O/c17-13(12-4-1-2-5-12)15-6-3-9-16-10-7-14-8-11-16/h12,14H,1-11H2,(H,15,17). The van der Waals surface area contributed by atoms with Crippen molar-refractivity contribution < 1.29 is 4.79 Å². The first-order chi connectivity index (χ1) is 8.36. The van der Waals surface area contributed by atoms with E-state index in [0.29, 0.717) is 11.8 Å². The molecule has 0 aromatic rings. The van der Waals surface area contributed by atoms with Crippen molar-refractivity contribution in [1.29, 1.82) is 0 Å². The Morgan fingerprint density at radius 3 is 2.65 bits per heavy atom. The Labute approximate surface area is 104 Å². The van der Waals surface area contributed by atoms with Crippen molar-refractivity contribution in [1.82, 2.24) is 15.5 Å². The van der Waals surface area contributed by atoms with E-state index in [2.05, 4.69) is 15.5 Å². The molecule has 1 aliphatic heterocycles. The fraction of sp³-hybridized carbons (Fsp3) is 0.923. The van der Waals surface area contributed by atoms with Gasteiger partial charge in [-0.15, -0.1) is 0 Å². The number of amides is 1. The number of nitrogens with one attached hydrogen (secondary N) is 2. The van der Waals surface area contributed by atoms with Crippen molar-refractivity contribution >= 4 is 5.91 Å². The van der Waals surface area contributed by atoms with Gasteiger partial charge in [-0.25, -0.2) is 0 Å². The molecule has 4 nitrogen and oxygen atoms in total. The summed E-state index contributed by atoms with van der Waals surface area (Å²) >= 11 is 0. The molecule has 4 heteroatoms. The maximum absolute atomic E-state index is 11.8. The van der Waals surface area contributed by atoms with Crippen molar-refractivity contribution in [3.63, 3.8) is 0 Å². The van der Waals surface area contributed by atoms with Gasteiger partial charge < -0.3 is 15.5 Å². The largest absolute Gasteiger partial charge is 0.356 e. The predicted molar refractivity (Wildman–Crippen MR) is 68.9 cm³/mol. The number of carbonyl (C=O) groups excluding carboxylic acids is 1. The van der Waals surface area contributed by atoms with E-state index in [0.717, 1.165) is 58.5 Å². The second kappa shape index (κ2) is 6.97. The summed E-state index contributed by atoms with van der Waals surface area (Å²) in [6, 6.07) is 0. The van der Waals surface area contributed by atoms with Crippen LogP contribution in [-0.2, 0) is 4.79 Å². The van der Waals surface area contributed by atoms with Crippen molar-refractivity contribution in [2.24, 2.45) is 5.92 Å². The zero-order valence-electron chi connectivity index (χ0n) is 10.7. The molecule has 1 amide bonds. The fourth-order valence-electron chi connectivity index (χ4n) is 2.78. The monoisotopic (exact) mass is 239 g/mol. The molecular weight excluding hydrogens is 214 g/mol. The summed E-state index contributed by atoms with van der Waals surface area (Å²) < 4.78 is 0. The fourth-order valence-corrected chi connectivity index (χ4v) is 2.78. The quantitative estimate of drug-likeness (QED) is 0.690. The number of carbonyl (C=O) groups is 1. The molecule has 0 radical (unpaired) electrons. The van der Waals surface area contributed by atoms with Crippen molar-refractivity contribution in [2.75, 3.05) is 39.3 Å². The van der Waals surface area contributed by atoms with Crippen LogP contribution in [0.2, 0.25) is 0 Å². The normalized spacial score (nSPS) is 22.8. The molecule has 2 rings (SSSR count). The smallest absolute Gasteiger partial charge is 0.223 e. The first-order valence-electron chi connectivity index (χ1n) is 7.07. The minimum Gasteiger partial charge on any atom is -0.356 e. The molecule has 0 spiro atoms. The summed E-state index contributed by atoms with van der Waals surface area (Å²) in [5.74, 6) is 0.608. The van der Waals surface area contributed by atoms with Crippen LogP contribution < -0.4 is 10.6 Å². The van der Waals surface area contributed by atoms with E-state index in [9.17, 15) is 4.79 Å². The summed E-state index contributed by atoms with van der Waals surface area (Å²) in [6.45, 7) is 6.47. The maximum Gasteiger partial charge on any atom is 0.223 e. The summed E-state index contributed by atoms with van der Waals surface area (Å²) in [7, 11) is 0. The van der Waals surface area contributed by atoms with E-state index in [1.165, 1.54) is 12.8 Å². The van der Waals surface area contributed by atoms with Crippen LogP contribution in [0.1, 0.15) is 32.1 Å². The topological polar surface area (TPSA) is 44.4 Å². The molecule has 98 valence electrons. The highest BCUT2D eigenvalue weighted by Gasteiger charge is 2.21. The predicted octanol–water partition coefficient (Wildman–Crippen LogP) is 0.588. The van der Waals surface area contributed by atoms with E-state index < -0.39 is 0 Å². The lowest BCUT2D eigenvalue weighted by Gasteiger charge is -2.27. The Kier molecular flexibility index (Phi) is 5.26. The molecule has 2 fully saturated rings. The number of nitrogens with zero attached hydrogens (tertiary/aromatic N) is 1. The third-order valence-electron chi connectivity index (χ3n) is 3.89. The Bertz CT molecular complexity index is 233. The highest BCUT2D eigenvalue weighted by Crippen LogP contribution is 2.24. The van der Waals surface area contributed by atoms with Crippen LogP contribution >= 0.6 is 0 Å². The van der Waals surface area contributed by atoms with Crippen molar-refractivity contribution in [3.05, 3.63) is 0 Å². The molecule has 1 saturated carbocycles. The van der Waals surface area contributed by atoms with Gasteiger partial charge in [-0.05, 0) is 25.8 Å². The van der Waals surface area contributed by atoms with Gasteiger partial charge in [0.2, 0.25) is 5.91 Å². The van der Waals surface area contributed by atoms with Gasteiger partial charge in [-0.3, -0.25) is 4.79 Å². The SMILES string of the molecule is O=C(NCCCN1CCNCC1)C1CCCC1. The van der Waals surface area contributed by atoms with Crippen LogP contribution in [0.5, 0.6) is 0 Å². The zero-order valence-corrected chi connectivity index (χ0v) is 10.7. The Morgan fingerprint density at radius 1 is 1.24 bits per heavy atom. The summed E-state index contributed by atoms with van der Waals surface area (Å²) in [6.07, 6.45) is 5.75. The van der Waals surface area contributed by atoms with Gasteiger partial charge in [0, 0.05) is 38.6 Å². The molecule has 1 heterocycles. The second-order valence-electron chi connectivity index (χ2n) is 5.22. The number of piperazine rings is 1. The molecule has 0 unspecified atom stereocenters. The number of rotatable bonds is 5. The lowest BCUT2D eigenvalue weighted by molar-refractivity contribution is -0.124. The van der Waals surface area contributed by atoms with Gasteiger partial charge in [0.25, 0.3) is 0 Å². The van der Waals surface area contributed by atoms with Gasteiger partial charge in [-0.2, -0.15) is 0 Å². The minimum atomic E-state index is 0.294. The molecule has 2 aliphatic rings. The average Bonchev–Trinajstić information content (AvgIpc) is 2.89. The lowest BCUT2D eigenvalue weighted by atomic mass is 10.1. The highest BCUT2D eigenvalue weighted by molar-refractivity contribution is 5.78. The van der Waals surface area contributed by atoms with Crippen LogP contribution in [0.15, 0.2) is 0 Å². The Hall–Kier alpha value is -0.610. The summed E-state index contributed by atoms with van der Waals surface area (Å²) in [5.41, 5.74) is 0. The maximum atomic E-state index is 11.8. The number of hydrogen-bond acceptors (Lipinski definition) is 3. The van der Waals surface area contributed by atoms with Gasteiger partial charge in [0.05, 0.1) is 0 Å². The second-order valence-corrected chi connectivity index (χ2v) is 5.22. The van der Waals surface area contributed by atoms with Gasteiger partial charge in [0.1, 0.15) is 0 Å². The molecule has 0 aromatic heterocycles. The van der Waals surface area contributed by atoms with Gasteiger partial charge >= 0.3 is 0 Å². The highest BCUT2D eigenvalue weighted by atomic mass is 16.1. The number of hydrogen-bond donors (Lipinski definition) is 2. The minimum absolute atomic E-state index is 0.294. The molecule has 0 atom stereocenters. The molecule has 2 N–H and O–H groups in total. The van der Waals surface area contributed by atoms with Gasteiger partial charge in [-0.1, -0.05) is 12.8 Å². The van der Waals surface area contributed by atoms with Crippen LogP contribution in [0.25, 0.3) is 0 Å². The van der Waals surface area contributed by atoms with E-state index in [4.69, 9.17) is 0 Å². The molecule has 1 saturated heterocycles. The van der Waals surface area contributed by atoms with E-state index >= 15 is 0 Å². The summed E-state index contributed by atoms with van der Waals surface area (Å²) in [4.78, 5) is 14.2. The first-order valence-corrected chi connectivity index (χ1v) is 7.07. The Balaban J connectivity index is 1.51. The lowest BCUT2D eigenvalue weighted by Crippen LogP contribution is -2.44. The summed E-state index contributed by atoms with van der Waals surface area (Å²) in [5, 5.41) is 6.43. The molecule has 0 bridgehead atoms. The molecule has 0 aromatic carbocycles. The van der Waals surface area contributed by atoms with E-state index in [1.807, 2.05) is 0 Å². The van der Waals surface area contributed by atoms with E-state index in [-0.39, 0.29) is 0 Å². The zero-order chi connectivity index (χ0) is 11.9.